The van der Waals surface area contributed by atoms with Gasteiger partial charge in [-0.15, -0.1) is 0 Å². The Morgan fingerprint density at radius 2 is 2.00 bits per heavy atom. The van der Waals surface area contributed by atoms with Crippen LogP contribution in [0, 0.1) is 5.92 Å². The molecule has 0 unspecified atom stereocenters. The van der Waals surface area contributed by atoms with Crippen molar-refractivity contribution in [2.45, 2.75) is 32.7 Å². The van der Waals surface area contributed by atoms with Gasteiger partial charge in [-0.2, -0.15) is 0 Å². The molecule has 1 amide bonds. The lowest BCUT2D eigenvalue weighted by Crippen LogP contribution is -2.34. The highest BCUT2D eigenvalue weighted by molar-refractivity contribution is 5.94. The van der Waals surface area contributed by atoms with Gasteiger partial charge >= 0.3 is 0 Å². The number of rotatable bonds is 5. The Labute approximate surface area is 156 Å². The van der Waals surface area contributed by atoms with E-state index in [0.29, 0.717) is 11.3 Å². The molecule has 0 saturated carbocycles. The predicted molar refractivity (Wildman–Crippen MR) is 106 cm³/mol. The maximum Gasteiger partial charge on any atom is 0.251 e. The van der Waals surface area contributed by atoms with Gasteiger partial charge in [0.15, 0.2) is 0 Å². The van der Waals surface area contributed by atoms with Gasteiger partial charge in [0.25, 0.3) is 5.91 Å². The molecule has 2 aromatic carbocycles. The average molecular weight is 352 g/mol. The van der Waals surface area contributed by atoms with Crippen LogP contribution >= 0.6 is 0 Å². The van der Waals surface area contributed by atoms with Crippen molar-refractivity contribution in [2.24, 2.45) is 5.92 Å². The van der Waals surface area contributed by atoms with Crippen molar-refractivity contribution >= 4 is 11.6 Å². The van der Waals surface area contributed by atoms with Gasteiger partial charge in [0.1, 0.15) is 5.75 Å². The number of benzene rings is 2. The summed E-state index contributed by atoms with van der Waals surface area (Å²) in [5.41, 5.74) is 2.98. The number of hydrogen-bond acceptors (Lipinski definition) is 3. The van der Waals surface area contributed by atoms with E-state index < -0.39 is 0 Å². The van der Waals surface area contributed by atoms with Crippen LogP contribution < -0.4 is 15.0 Å². The van der Waals surface area contributed by atoms with Gasteiger partial charge in [-0.05, 0) is 61.6 Å². The molecule has 4 nitrogen and oxygen atoms in total. The van der Waals surface area contributed by atoms with Crippen LogP contribution in [0.1, 0.15) is 48.7 Å². The first-order chi connectivity index (χ1) is 12.6. The van der Waals surface area contributed by atoms with Crippen molar-refractivity contribution in [1.29, 1.82) is 0 Å². The summed E-state index contributed by atoms with van der Waals surface area (Å²) in [6.45, 7) is 6.58. The zero-order valence-corrected chi connectivity index (χ0v) is 15.9. The Morgan fingerprint density at radius 1 is 1.23 bits per heavy atom. The van der Waals surface area contributed by atoms with Gasteiger partial charge in [0, 0.05) is 24.3 Å². The number of piperidine rings is 1. The zero-order valence-electron chi connectivity index (χ0n) is 15.9. The number of anilines is 1. The second kappa shape index (κ2) is 8.26. The lowest BCUT2D eigenvalue weighted by molar-refractivity contribution is 0.0939. The molecule has 0 aliphatic carbocycles. The number of carbonyl (C=O) groups is 1. The number of nitrogens with one attached hydrogen (secondary N) is 1. The summed E-state index contributed by atoms with van der Waals surface area (Å²) in [4.78, 5) is 14.9. The van der Waals surface area contributed by atoms with Crippen molar-refractivity contribution in [3.8, 4) is 5.75 Å². The second-order valence-electron chi connectivity index (χ2n) is 7.21. The van der Waals surface area contributed by atoms with Crippen LogP contribution in [-0.2, 0) is 0 Å². The van der Waals surface area contributed by atoms with Gasteiger partial charge < -0.3 is 15.0 Å². The van der Waals surface area contributed by atoms with Crippen molar-refractivity contribution in [2.75, 3.05) is 25.1 Å². The Kier molecular flexibility index (Phi) is 5.82. The van der Waals surface area contributed by atoms with E-state index in [9.17, 15) is 4.79 Å². The highest BCUT2D eigenvalue weighted by Crippen LogP contribution is 2.25. The fourth-order valence-electron chi connectivity index (χ4n) is 3.53. The highest BCUT2D eigenvalue weighted by atomic mass is 16.5. The van der Waals surface area contributed by atoms with Crippen LogP contribution in [0.4, 0.5) is 5.69 Å². The van der Waals surface area contributed by atoms with E-state index in [2.05, 4.69) is 41.4 Å². The van der Waals surface area contributed by atoms with Crippen LogP contribution in [0.5, 0.6) is 5.75 Å². The minimum Gasteiger partial charge on any atom is -0.497 e. The quantitative estimate of drug-likeness (QED) is 0.866. The van der Waals surface area contributed by atoms with E-state index in [1.807, 2.05) is 19.1 Å². The first kappa shape index (κ1) is 18.3. The van der Waals surface area contributed by atoms with Crippen LogP contribution in [0.15, 0.2) is 48.5 Å². The van der Waals surface area contributed by atoms with Crippen LogP contribution in [0.3, 0.4) is 0 Å². The smallest absolute Gasteiger partial charge is 0.251 e. The summed E-state index contributed by atoms with van der Waals surface area (Å²) in [6, 6.07) is 15.7. The van der Waals surface area contributed by atoms with Crippen molar-refractivity contribution < 1.29 is 9.53 Å². The number of amides is 1. The summed E-state index contributed by atoms with van der Waals surface area (Å²) < 4.78 is 5.19. The average Bonchev–Trinajstić information content (AvgIpc) is 2.68. The zero-order chi connectivity index (χ0) is 18.5. The lowest BCUT2D eigenvalue weighted by atomic mass is 9.99. The van der Waals surface area contributed by atoms with Crippen molar-refractivity contribution in [3.63, 3.8) is 0 Å². The van der Waals surface area contributed by atoms with E-state index in [-0.39, 0.29) is 11.9 Å². The monoisotopic (exact) mass is 352 g/mol. The van der Waals surface area contributed by atoms with E-state index >= 15 is 0 Å². The molecule has 1 aliphatic heterocycles. The molecule has 1 saturated heterocycles. The summed E-state index contributed by atoms with van der Waals surface area (Å²) in [6.07, 6.45) is 2.58. The lowest BCUT2D eigenvalue weighted by Gasteiger charge is -2.33. The van der Waals surface area contributed by atoms with Gasteiger partial charge in [-0.25, -0.2) is 0 Å². The number of carbonyl (C=O) groups excluding carboxylic acids is 1. The molecular formula is C22H28N2O2. The van der Waals surface area contributed by atoms with Gasteiger partial charge in [0.05, 0.1) is 13.2 Å². The van der Waals surface area contributed by atoms with Gasteiger partial charge in [-0.3, -0.25) is 4.79 Å². The molecule has 1 heterocycles. The molecule has 4 heteroatoms. The molecule has 0 bridgehead atoms. The van der Waals surface area contributed by atoms with Crippen molar-refractivity contribution in [1.82, 2.24) is 5.32 Å². The Balaban J connectivity index is 1.64. The third kappa shape index (κ3) is 4.37. The molecule has 0 radical (unpaired) electrons. The van der Waals surface area contributed by atoms with Crippen LogP contribution in [0.2, 0.25) is 0 Å². The highest BCUT2D eigenvalue weighted by Gasteiger charge is 2.17. The normalized spacial score (nSPS) is 18.3. The molecule has 3 rings (SSSR count). The molecule has 1 aliphatic rings. The van der Waals surface area contributed by atoms with E-state index in [1.54, 1.807) is 19.2 Å². The molecule has 2 atom stereocenters. The maximum atomic E-state index is 12.5. The molecule has 2 aromatic rings. The third-order valence-corrected chi connectivity index (χ3v) is 5.09. The molecule has 1 fully saturated rings. The fraction of sp³-hybridized carbons (Fsp3) is 0.409. The molecule has 0 aromatic heterocycles. The Morgan fingerprint density at radius 3 is 2.69 bits per heavy atom. The Hall–Kier alpha value is -2.49. The predicted octanol–water partition coefficient (Wildman–Crippen LogP) is 4.42. The standard InChI is InChI=1S/C22H28N2O2/c1-16-6-5-13-24(15-16)20-11-9-18(10-12-20)17(2)23-22(25)19-7-4-8-21(14-19)26-3/h4,7-12,14,16-17H,5-6,13,15H2,1-3H3,(H,23,25)/t16-,17-/m0/s1. The number of nitrogens with zero attached hydrogens (tertiary/aromatic N) is 1. The molecule has 26 heavy (non-hydrogen) atoms. The van der Waals surface area contributed by atoms with Crippen LogP contribution in [-0.4, -0.2) is 26.1 Å². The molecular weight excluding hydrogens is 324 g/mol. The minimum atomic E-state index is -0.0923. The molecule has 1 N–H and O–H groups in total. The first-order valence-corrected chi connectivity index (χ1v) is 9.36. The first-order valence-electron chi connectivity index (χ1n) is 9.36. The van der Waals surface area contributed by atoms with Gasteiger partial charge in [-0.1, -0.05) is 25.1 Å². The Bertz CT molecular complexity index is 742. The van der Waals surface area contributed by atoms with E-state index in [0.717, 1.165) is 24.6 Å². The largest absolute Gasteiger partial charge is 0.497 e. The number of ether oxygens (including phenoxy) is 1. The van der Waals surface area contributed by atoms with Crippen molar-refractivity contribution in [3.05, 3.63) is 59.7 Å². The number of methoxy groups -OCH3 is 1. The molecule has 0 spiro atoms. The summed E-state index contributed by atoms with van der Waals surface area (Å²) in [5.74, 6) is 1.35. The van der Waals surface area contributed by atoms with E-state index in [4.69, 9.17) is 4.74 Å². The number of hydrogen-bond donors (Lipinski definition) is 1. The second-order valence-corrected chi connectivity index (χ2v) is 7.21. The van der Waals surface area contributed by atoms with Crippen LogP contribution in [0.25, 0.3) is 0 Å². The topological polar surface area (TPSA) is 41.6 Å². The fourth-order valence-corrected chi connectivity index (χ4v) is 3.53. The van der Waals surface area contributed by atoms with E-state index in [1.165, 1.54) is 18.5 Å². The summed E-state index contributed by atoms with van der Waals surface area (Å²) >= 11 is 0. The third-order valence-electron chi connectivity index (χ3n) is 5.09. The maximum absolute atomic E-state index is 12.5. The minimum absolute atomic E-state index is 0.0527. The summed E-state index contributed by atoms with van der Waals surface area (Å²) in [5, 5.41) is 3.06. The SMILES string of the molecule is COc1cccc(C(=O)N[C@@H](C)c2ccc(N3CCC[C@H](C)C3)cc2)c1. The van der Waals surface area contributed by atoms with Gasteiger partial charge in [0.2, 0.25) is 0 Å². The molecule has 138 valence electrons. The summed E-state index contributed by atoms with van der Waals surface area (Å²) in [7, 11) is 1.60.